The first-order valence-corrected chi connectivity index (χ1v) is 5.44. The Morgan fingerprint density at radius 1 is 1.35 bits per heavy atom. The average molecular weight is 227 g/mol. The fraction of sp³-hybridized carbons (Fsp3) is 0.231. The van der Waals surface area contributed by atoms with Gasteiger partial charge in [0.1, 0.15) is 11.8 Å². The smallest absolute Gasteiger partial charge is 0.210 e. The third-order valence-corrected chi connectivity index (χ3v) is 2.43. The number of nitrogens with one attached hydrogen (secondary N) is 1. The predicted molar refractivity (Wildman–Crippen MR) is 64.6 cm³/mol. The molecule has 0 atom stereocenters. The molecule has 0 spiro atoms. The number of hydrogen-bond donors (Lipinski definition) is 1. The summed E-state index contributed by atoms with van der Waals surface area (Å²) in [4.78, 5) is 7.15. The van der Waals surface area contributed by atoms with Crippen molar-refractivity contribution < 1.29 is 4.74 Å². The molecule has 0 radical (unpaired) electrons. The molecule has 0 unspecified atom stereocenters. The summed E-state index contributed by atoms with van der Waals surface area (Å²) in [6, 6.07) is 9.68. The van der Waals surface area contributed by atoms with Crippen LogP contribution in [0.3, 0.4) is 0 Å². The number of nitrogens with zero attached hydrogens (tertiary/aromatic N) is 2. The highest BCUT2D eigenvalue weighted by atomic mass is 16.5. The van der Waals surface area contributed by atoms with Crippen LogP contribution in [0.25, 0.3) is 11.3 Å². The van der Waals surface area contributed by atoms with Crippen molar-refractivity contribution in [3.05, 3.63) is 35.8 Å². The van der Waals surface area contributed by atoms with Gasteiger partial charge in [0.2, 0.25) is 5.82 Å². The Kier molecular flexibility index (Phi) is 3.10. The number of ether oxygens (including phenoxy) is 1. The average Bonchev–Trinajstić information content (AvgIpc) is 2.72. The van der Waals surface area contributed by atoms with Crippen LogP contribution >= 0.6 is 0 Å². The lowest BCUT2D eigenvalue weighted by molar-refractivity contribution is 0.340. The van der Waals surface area contributed by atoms with Crippen LogP contribution < -0.4 is 4.74 Å². The van der Waals surface area contributed by atoms with Gasteiger partial charge in [-0.15, -0.1) is 0 Å². The normalized spacial score (nSPS) is 9.94. The fourth-order valence-corrected chi connectivity index (χ4v) is 1.67. The predicted octanol–water partition coefficient (Wildman–Crippen LogP) is 2.66. The van der Waals surface area contributed by atoms with E-state index in [1.54, 1.807) is 0 Å². The van der Waals surface area contributed by atoms with E-state index in [9.17, 15) is 0 Å². The van der Waals surface area contributed by atoms with Crippen LogP contribution in [-0.2, 0) is 0 Å². The number of aryl methyl sites for hydroxylation is 1. The summed E-state index contributed by atoms with van der Waals surface area (Å²) >= 11 is 0. The van der Waals surface area contributed by atoms with Gasteiger partial charge in [0, 0.05) is 11.3 Å². The summed E-state index contributed by atoms with van der Waals surface area (Å²) in [5.41, 5.74) is 2.68. The zero-order valence-electron chi connectivity index (χ0n) is 9.82. The Bertz CT molecular complexity index is 549. The van der Waals surface area contributed by atoms with Crippen molar-refractivity contribution in [1.82, 2.24) is 9.97 Å². The lowest BCUT2D eigenvalue weighted by Crippen LogP contribution is -1.90. The highest BCUT2D eigenvalue weighted by Crippen LogP contribution is 2.23. The lowest BCUT2D eigenvalue weighted by atomic mass is 10.1. The largest absolute Gasteiger partial charge is 0.494 e. The van der Waals surface area contributed by atoms with Gasteiger partial charge in [-0.1, -0.05) is 0 Å². The highest BCUT2D eigenvalue weighted by Gasteiger charge is 2.08. The molecule has 0 aliphatic heterocycles. The molecule has 1 aromatic carbocycles. The van der Waals surface area contributed by atoms with Gasteiger partial charge in [-0.25, -0.2) is 4.98 Å². The molecule has 1 N–H and O–H groups in total. The topological polar surface area (TPSA) is 61.7 Å². The molecule has 0 amide bonds. The summed E-state index contributed by atoms with van der Waals surface area (Å²) < 4.78 is 5.37. The number of aromatic amines is 1. The van der Waals surface area contributed by atoms with Gasteiger partial charge in [-0.05, 0) is 38.1 Å². The van der Waals surface area contributed by atoms with Crippen molar-refractivity contribution >= 4 is 0 Å². The van der Waals surface area contributed by atoms with Crippen molar-refractivity contribution in [3.63, 3.8) is 0 Å². The quantitative estimate of drug-likeness (QED) is 0.876. The zero-order chi connectivity index (χ0) is 12.3. The van der Waals surface area contributed by atoms with Gasteiger partial charge in [-0.3, -0.25) is 0 Å². The SMILES string of the molecule is CCOc1ccc(-c2nc(C#N)[nH]c2C)cc1. The second kappa shape index (κ2) is 4.71. The molecule has 2 aromatic rings. The van der Waals surface area contributed by atoms with Crippen molar-refractivity contribution in [1.29, 1.82) is 5.26 Å². The molecule has 0 bridgehead atoms. The number of H-pyrrole nitrogens is 1. The molecule has 2 rings (SSSR count). The van der Waals surface area contributed by atoms with Crippen LogP contribution in [0.15, 0.2) is 24.3 Å². The van der Waals surface area contributed by atoms with Gasteiger partial charge in [0.15, 0.2) is 0 Å². The maximum atomic E-state index is 8.77. The fourth-order valence-electron chi connectivity index (χ4n) is 1.67. The molecule has 1 aromatic heterocycles. The molecular formula is C13H13N3O. The number of rotatable bonds is 3. The molecule has 17 heavy (non-hydrogen) atoms. The molecule has 0 fully saturated rings. The summed E-state index contributed by atoms with van der Waals surface area (Å²) in [6.45, 7) is 4.50. The van der Waals surface area contributed by atoms with E-state index in [-0.39, 0.29) is 0 Å². The minimum Gasteiger partial charge on any atom is -0.494 e. The van der Waals surface area contributed by atoms with Gasteiger partial charge >= 0.3 is 0 Å². The molecule has 0 saturated carbocycles. The summed E-state index contributed by atoms with van der Waals surface area (Å²) in [5.74, 6) is 1.18. The first-order chi connectivity index (χ1) is 8.24. The van der Waals surface area contributed by atoms with Crippen LogP contribution in [0.5, 0.6) is 5.75 Å². The van der Waals surface area contributed by atoms with Crippen LogP contribution in [0.4, 0.5) is 0 Å². The number of nitriles is 1. The van der Waals surface area contributed by atoms with E-state index in [1.807, 2.05) is 44.2 Å². The second-order valence-corrected chi connectivity index (χ2v) is 3.63. The van der Waals surface area contributed by atoms with Gasteiger partial charge in [-0.2, -0.15) is 5.26 Å². The van der Waals surface area contributed by atoms with Crippen LogP contribution in [0.1, 0.15) is 18.4 Å². The standard InChI is InChI=1S/C13H13N3O/c1-3-17-11-6-4-10(5-7-11)13-9(2)15-12(8-14)16-13/h4-7H,3H2,1-2H3,(H,15,16). The molecule has 4 heteroatoms. The Morgan fingerprint density at radius 2 is 2.06 bits per heavy atom. The van der Waals surface area contributed by atoms with E-state index in [0.717, 1.165) is 22.7 Å². The van der Waals surface area contributed by atoms with E-state index < -0.39 is 0 Å². The summed E-state index contributed by atoms with van der Waals surface area (Å²) in [7, 11) is 0. The van der Waals surface area contributed by atoms with Crippen molar-refractivity contribution in [2.75, 3.05) is 6.61 Å². The Balaban J connectivity index is 2.33. The maximum absolute atomic E-state index is 8.77. The number of imidazole rings is 1. The van der Waals surface area contributed by atoms with E-state index in [0.29, 0.717) is 12.4 Å². The molecule has 0 aliphatic rings. The first kappa shape index (κ1) is 11.2. The minimum atomic E-state index is 0.339. The Hall–Kier alpha value is -2.28. The third-order valence-electron chi connectivity index (χ3n) is 2.43. The van der Waals surface area contributed by atoms with E-state index in [4.69, 9.17) is 10.00 Å². The number of hydrogen-bond acceptors (Lipinski definition) is 3. The lowest BCUT2D eigenvalue weighted by Gasteiger charge is -2.03. The van der Waals surface area contributed by atoms with Crippen LogP contribution in [0, 0.1) is 18.3 Å². The zero-order valence-corrected chi connectivity index (χ0v) is 9.82. The van der Waals surface area contributed by atoms with Gasteiger partial charge < -0.3 is 9.72 Å². The Morgan fingerprint density at radius 3 is 2.59 bits per heavy atom. The van der Waals surface area contributed by atoms with Crippen LogP contribution in [-0.4, -0.2) is 16.6 Å². The molecule has 86 valence electrons. The van der Waals surface area contributed by atoms with Crippen molar-refractivity contribution in [3.8, 4) is 23.1 Å². The monoisotopic (exact) mass is 227 g/mol. The van der Waals surface area contributed by atoms with Crippen LogP contribution in [0.2, 0.25) is 0 Å². The molecule has 4 nitrogen and oxygen atoms in total. The number of benzene rings is 1. The maximum Gasteiger partial charge on any atom is 0.210 e. The van der Waals surface area contributed by atoms with Crippen molar-refractivity contribution in [2.24, 2.45) is 0 Å². The summed E-state index contributed by atoms with van der Waals surface area (Å²) in [5, 5.41) is 8.77. The van der Waals surface area contributed by atoms with Gasteiger partial charge in [0.25, 0.3) is 0 Å². The molecular weight excluding hydrogens is 214 g/mol. The summed E-state index contributed by atoms with van der Waals surface area (Å²) in [6.07, 6.45) is 0. The first-order valence-electron chi connectivity index (χ1n) is 5.44. The highest BCUT2D eigenvalue weighted by molar-refractivity contribution is 5.63. The second-order valence-electron chi connectivity index (χ2n) is 3.63. The molecule has 1 heterocycles. The van der Waals surface area contributed by atoms with E-state index >= 15 is 0 Å². The van der Waals surface area contributed by atoms with Crippen molar-refractivity contribution in [2.45, 2.75) is 13.8 Å². The molecule has 0 aliphatic carbocycles. The third kappa shape index (κ3) is 2.28. The van der Waals surface area contributed by atoms with E-state index in [2.05, 4.69) is 9.97 Å². The molecule has 0 saturated heterocycles. The Labute approximate surface area is 99.9 Å². The number of aromatic nitrogens is 2. The minimum absolute atomic E-state index is 0.339. The van der Waals surface area contributed by atoms with Gasteiger partial charge in [0.05, 0.1) is 12.3 Å². The van der Waals surface area contributed by atoms with E-state index in [1.165, 1.54) is 0 Å².